The third-order valence-electron chi connectivity index (χ3n) is 3.71. The summed E-state index contributed by atoms with van der Waals surface area (Å²) in [6.45, 7) is 0.785. The molecule has 1 saturated carbocycles. The lowest BCUT2D eigenvalue weighted by molar-refractivity contribution is -0.124. The van der Waals surface area contributed by atoms with Crippen LogP contribution in [0.1, 0.15) is 18.4 Å². The zero-order valence-electron chi connectivity index (χ0n) is 14.4. The third-order valence-corrected chi connectivity index (χ3v) is 3.71. The quantitative estimate of drug-likeness (QED) is 0.688. The standard InChI is InChI=1S/C17H25N3O4/c1-20(11-17(22)19-13-5-6-13)10-16(21)18-9-12-4-7-14(23-2)15(8-12)24-3/h4,7-8,13H,5-6,9-11H2,1-3H3,(H,18,21)(H,19,22). The molecule has 0 aromatic heterocycles. The van der Waals surface area contributed by atoms with Gasteiger partial charge < -0.3 is 20.1 Å². The summed E-state index contributed by atoms with van der Waals surface area (Å²) >= 11 is 0. The maximum atomic E-state index is 12.0. The molecule has 0 aliphatic heterocycles. The van der Waals surface area contributed by atoms with Crippen molar-refractivity contribution in [2.45, 2.75) is 25.4 Å². The van der Waals surface area contributed by atoms with Gasteiger partial charge in [-0.05, 0) is 37.6 Å². The van der Waals surface area contributed by atoms with Crippen LogP contribution in [0.15, 0.2) is 18.2 Å². The molecule has 1 aromatic carbocycles. The third kappa shape index (κ3) is 5.73. The van der Waals surface area contributed by atoms with Gasteiger partial charge in [-0.2, -0.15) is 0 Å². The number of carbonyl (C=O) groups is 2. The van der Waals surface area contributed by atoms with Gasteiger partial charge in [0, 0.05) is 12.6 Å². The van der Waals surface area contributed by atoms with Gasteiger partial charge in [-0.3, -0.25) is 14.5 Å². The lowest BCUT2D eigenvalue weighted by atomic mass is 10.2. The summed E-state index contributed by atoms with van der Waals surface area (Å²) < 4.78 is 10.4. The van der Waals surface area contributed by atoms with Crippen molar-refractivity contribution in [1.29, 1.82) is 0 Å². The van der Waals surface area contributed by atoms with E-state index in [0.29, 0.717) is 24.1 Å². The monoisotopic (exact) mass is 335 g/mol. The Labute approximate surface area is 142 Å². The van der Waals surface area contributed by atoms with Crippen LogP contribution >= 0.6 is 0 Å². The number of likely N-dealkylation sites (N-methyl/N-ethyl adjacent to an activating group) is 1. The predicted molar refractivity (Wildman–Crippen MR) is 90.1 cm³/mol. The molecule has 132 valence electrons. The summed E-state index contributed by atoms with van der Waals surface area (Å²) in [7, 11) is 4.90. The number of nitrogens with one attached hydrogen (secondary N) is 2. The second kappa shape index (κ2) is 8.54. The highest BCUT2D eigenvalue weighted by Gasteiger charge is 2.23. The predicted octanol–water partition coefficient (Wildman–Crippen LogP) is 0.530. The smallest absolute Gasteiger partial charge is 0.234 e. The highest BCUT2D eigenvalue weighted by Crippen LogP contribution is 2.27. The number of ether oxygens (including phenoxy) is 2. The highest BCUT2D eigenvalue weighted by atomic mass is 16.5. The summed E-state index contributed by atoms with van der Waals surface area (Å²) in [5, 5.41) is 5.74. The van der Waals surface area contributed by atoms with Crippen LogP contribution < -0.4 is 20.1 Å². The van der Waals surface area contributed by atoms with Crippen molar-refractivity contribution in [2.75, 3.05) is 34.4 Å². The van der Waals surface area contributed by atoms with Gasteiger partial charge in [0.2, 0.25) is 11.8 Å². The fraction of sp³-hybridized carbons (Fsp3) is 0.529. The molecule has 0 spiro atoms. The Hall–Kier alpha value is -2.28. The summed E-state index contributed by atoms with van der Waals surface area (Å²) in [4.78, 5) is 25.4. The van der Waals surface area contributed by atoms with E-state index in [9.17, 15) is 9.59 Å². The Morgan fingerprint density at radius 2 is 1.79 bits per heavy atom. The molecule has 24 heavy (non-hydrogen) atoms. The molecular weight excluding hydrogens is 310 g/mol. The molecule has 1 aliphatic carbocycles. The minimum atomic E-state index is -0.133. The van der Waals surface area contributed by atoms with Gasteiger partial charge in [-0.15, -0.1) is 0 Å². The Morgan fingerprint density at radius 3 is 2.42 bits per heavy atom. The molecule has 1 aromatic rings. The van der Waals surface area contributed by atoms with E-state index >= 15 is 0 Å². The summed E-state index contributed by atoms with van der Waals surface area (Å²) in [6.07, 6.45) is 2.11. The molecule has 1 aliphatic rings. The Bertz CT molecular complexity index is 587. The SMILES string of the molecule is COc1ccc(CNC(=O)CN(C)CC(=O)NC2CC2)cc1OC. The number of methoxy groups -OCH3 is 2. The molecular formula is C17H25N3O4. The fourth-order valence-electron chi connectivity index (χ4n) is 2.29. The number of nitrogens with zero attached hydrogens (tertiary/aromatic N) is 1. The largest absolute Gasteiger partial charge is 0.493 e. The van der Waals surface area contributed by atoms with Gasteiger partial charge in [0.1, 0.15) is 0 Å². The van der Waals surface area contributed by atoms with Crippen LogP contribution in [0.3, 0.4) is 0 Å². The van der Waals surface area contributed by atoms with E-state index in [-0.39, 0.29) is 24.9 Å². The van der Waals surface area contributed by atoms with Crippen LogP contribution in [0, 0.1) is 0 Å². The number of benzene rings is 1. The van der Waals surface area contributed by atoms with Crippen molar-refractivity contribution in [3.05, 3.63) is 23.8 Å². The maximum Gasteiger partial charge on any atom is 0.234 e. The van der Waals surface area contributed by atoms with Crippen molar-refractivity contribution in [3.63, 3.8) is 0 Å². The van der Waals surface area contributed by atoms with E-state index in [1.807, 2.05) is 12.1 Å². The Kier molecular flexibility index (Phi) is 6.43. The van der Waals surface area contributed by atoms with E-state index in [1.165, 1.54) is 0 Å². The summed E-state index contributed by atoms with van der Waals surface area (Å²) in [5.74, 6) is 1.10. The minimum Gasteiger partial charge on any atom is -0.493 e. The Morgan fingerprint density at radius 1 is 1.12 bits per heavy atom. The van der Waals surface area contributed by atoms with E-state index in [1.54, 1.807) is 32.2 Å². The molecule has 0 saturated heterocycles. The van der Waals surface area contributed by atoms with E-state index in [2.05, 4.69) is 10.6 Å². The van der Waals surface area contributed by atoms with Gasteiger partial charge in [0.05, 0.1) is 27.3 Å². The topological polar surface area (TPSA) is 79.9 Å². The second-order valence-corrected chi connectivity index (χ2v) is 5.98. The first-order valence-electron chi connectivity index (χ1n) is 7.97. The van der Waals surface area contributed by atoms with Crippen molar-refractivity contribution >= 4 is 11.8 Å². The van der Waals surface area contributed by atoms with Crippen molar-refractivity contribution in [2.24, 2.45) is 0 Å². The van der Waals surface area contributed by atoms with Crippen molar-refractivity contribution < 1.29 is 19.1 Å². The van der Waals surface area contributed by atoms with Crippen LogP contribution in [0.25, 0.3) is 0 Å². The highest BCUT2D eigenvalue weighted by molar-refractivity contribution is 5.81. The van der Waals surface area contributed by atoms with Gasteiger partial charge in [-0.25, -0.2) is 0 Å². The van der Waals surface area contributed by atoms with Gasteiger partial charge in [0.15, 0.2) is 11.5 Å². The fourth-order valence-corrected chi connectivity index (χ4v) is 2.29. The van der Waals surface area contributed by atoms with Gasteiger partial charge in [-0.1, -0.05) is 6.07 Å². The Balaban J connectivity index is 1.74. The van der Waals surface area contributed by atoms with Crippen LogP contribution in [-0.4, -0.2) is 57.1 Å². The molecule has 0 bridgehead atoms. The number of carbonyl (C=O) groups excluding carboxylic acids is 2. The van der Waals surface area contributed by atoms with E-state index in [0.717, 1.165) is 18.4 Å². The molecule has 0 atom stereocenters. The average molecular weight is 335 g/mol. The van der Waals surface area contributed by atoms with Crippen molar-refractivity contribution in [3.8, 4) is 11.5 Å². The second-order valence-electron chi connectivity index (χ2n) is 5.98. The first-order valence-corrected chi connectivity index (χ1v) is 7.97. The number of hydrogen-bond acceptors (Lipinski definition) is 5. The van der Waals surface area contributed by atoms with Crippen molar-refractivity contribution in [1.82, 2.24) is 15.5 Å². The minimum absolute atomic E-state index is 0.0345. The average Bonchev–Trinajstić information content (AvgIpc) is 3.36. The van der Waals surface area contributed by atoms with Crippen LogP contribution in [-0.2, 0) is 16.1 Å². The van der Waals surface area contributed by atoms with Gasteiger partial charge >= 0.3 is 0 Å². The lowest BCUT2D eigenvalue weighted by Gasteiger charge is -2.16. The number of hydrogen-bond donors (Lipinski definition) is 2. The van der Waals surface area contributed by atoms with E-state index in [4.69, 9.17) is 9.47 Å². The lowest BCUT2D eigenvalue weighted by Crippen LogP contribution is -2.41. The molecule has 0 unspecified atom stereocenters. The number of amides is 2. The molecule has 7 heteroatoms. The van der Waals surface area contributed by atoms with Crippen LogP contribution in [0.2, 0.25) is 0 Å². The van der Waals surface area contributed by atoms with Gasteiger partial charge in [0.25, 0.3) is 0 Å². The first-order chi connectivity index (χ1) is 11.5. The zero-order chi connectivity index (χ0) is 17.5. The molecule has 2 rings (SSSR count). The molecule has 1 fully saturated rings. The molecule has 2 N–H and O–H groups in total. The molecule has 2 amide bonds. The summed E-state index contributed by atoms with van der Waals surface area (Å²) in [5.41, 5.74) is 0.912. The summed E-state index contributed by atoms with van der Waals surface area (Å²) in [6, 6.07) is 5.83. The van der Waals surface area contributed by atoms with Crippen LogP contribution in [0.5, 0.6) is 11.5 Å². The van der Waals surface area contributed by atoms with Crippen LogP contribution in [0.4, 0.5) is 0 Å². The molecule has 0 radical (unpaired) electrons. The first kappa shape index (κ1) is 18.1. The molecule has 7 nitrogen and oxygen atoms in total. The van der Waals surface area contributed by atoms with E-state index < -0.39 is 0 Å². The number of rotatable bonds is 9. The zero-order valence-corrected chi connectivity index (χ0v) is 14.4. The maximum absolute atomic E-state index is 12.0. The normalized spacial score (nSPS) is 13.5. The molecule has 0 heterocycles.